The zero-order valence-corrected chi connectivity index (χ0v) is 22.3. The normalized spacial score (nSPS) is 21.6. The summed E-state index contributed by atoms with van der Waals surface area (Å²) in [4.78, 5) is 38.4. The molecule has 1 amide bonds. The first-order valence-corrected chi connectivity index (χ1v) is 14.9. The third kappa shape index (κ3) is 8.54. The van der Waals surface area contributed by atoms with Crippen LogP contribution in [0, 0.1) is 17.8 Å². The molecule has 37 heavy (non-hydrogen) atoms. The van der Waals surface area contributed by atoms with E-state index in [1.807, 2.05) is 20.0 Å². The molecular formula is C23H34F3N3O7Si. The van der Waals surface area contributed by atoms with Gasteiger partial charge in [0.15, 0.2) is 9.04 Å². The Hall–Kier alpha value is -2.44. The van der Waals surface area contributed by atoms with Gasteiger partial charge in [0, 0.05) is 30.6 Å². The molecule has 0 spiro atoms. The van der Waals surface area contributed by atoms with E-state index in [1.165, 1.54) is 10.8 Å². The van der Waals surface area contributed by atoms with Crippen molar-refractivity contribution in [3.05, 3.63) is 32.6 Å². The molecule has 1 saturated heterocycles. The summed E-state index contributed by atoms with van der Waals surface area (Å²) >= 11 is 0. The lowest BCUT2D eigenvalue weighted by atomic mass is 9.94. The van der Waals surface area contributed by atoms with Gasteiger partial charge in [-0.15, -0.1) is 0 Å². The topological polar surface area (TPSA) is 132 Å². The van der Waals surface area contributed by atoms with Crippen LogP contribution >= 0.6 is 0 Å². The van der Waals surface area contributed by atoms with E-state index in [9.17, 15) is 32.7 Å². The van der Waals surface area contributed by atoms with E-state index in [0.717, 1.165) is 12.8 Å². The molecule has 0 bridgehead atoms. The van der Waals surface area contributed by atoms with Gasteiger partial charge in [-0.3, -0.25) is 14.6 Å². The Labute approximate surface area is 214 Å². The fourth-order valence-corrected chi connectivity index (χ4v) is 5.06. The quantitative estimate of drug-likeness (QED) is 0.201. The fourth-order valence-electron chi connectivity index (χ4n) is 4.02. The Bertz CT molecular complexity index is 1080. The third-order valence-corrected chi connectivity index (χ3v) is 6.44. The SMILES string of the molecule is CCCC[C@@H]1C[C@@H](CO)O[C@@]1(O[SiH](C)C)n1cc(CC#CCOCCNC(=O)C(F)(F)F)c(=O)[nH]c1=O. The molecule has 1 aliphatic rings. The lowest BCUT2D eigenvalue weighted by Crippen LogP contribution is -2.52. The molecule has 0 aromatic carbocycles. The summed E-state index contributed by atoms with van der Waals surface area (Å²) in [5.74, 6) is 1.66. The van der Waals surface area contributed by atoms with Crippen molar-refractivity contribution in [2.45, 2.75) is 70.3 Å². The predicted octanol–water partition coefficient (Wildman–Crippen LogP) is 0.976. The molecule has 10 nitrogen and oxygen atoms in total. The van der Waals surface area contributed by atoms with Crippen molar-refractivity contribution in [2.24, 2.45) is 5.92 Å². The van der Waals surface area contributed by atoms with Gasteiger partial charge in [-0.1, -0.05) is 31.6 Å². The number of aliphatic hydroxyl groups excluding tert-OH is 1. The van der Waals surface area contributed by atoms with Crippen LogP contribution < -0.4 is 16.6 Å². The van der Waals surface area contributed by atoms with Crippen molar-refractivity contribution in [3.8, 4) is 11.8 Å². The van der Waals surface area contributed by atoms with E-state index in [1.54, 1.807) is 5.32 Å². The maximum Gasteiger partial charge on any atom is 0.471 e. The fraction of sp³-hybridized carbons (Fsp3) is 0.696. The summed E-state index contributed by atoms with van der Waals surface area (Å²) in [5, 5.41) is 11.4. The Morgan fingerprint density at radius 1 is 1.38 bits per heavy atom. The summed E-state index contributed by atoms with van der Waals surface area (Å²) in [7, 11) is -1.77. The number of nitrogens with zero attached hydrogens (tertiary/aromatic N) is 1. The number of nitrogens with one attached hydrogen (secondary N) is 2. The van der Waals surface area contributed by atoms with Gasteiger partial charge < -0.3 is 24.3 Å². The van der Waals surface area contributed by atoms with Crippen LogP contribution in [0.4, 0.5) is 13.2 Å². The van der Waals surface area contributed by atoms with Crippen molar-refractivity contribution in [3.63, 3.8) is 0 Å². The first-order chi connectivity index (χ1) is 17.4. The monoisotopic (exact) mass is 549 g/mol. The minimum absolute atomic E-state index is 0.0397. The predicted molar refractivity (Wildman–Crippen MR) is 130 cm³/mol. The van der Waals surface area contributed by atoms with Crippen LogP contribution in [0.5, 0.6) is 0 Å². The number of alkyl halides is 3. The molecule has 3 N–H and O–H groups in total. The number of ether oxygens (including phenoxy) is 2. The second-order valence-corrected chi connectivity index (χ2v) is 11.2. The zero-order chi connectivity index (χ0) is 27.6. The summed E-state index contributed by atoms with van der Waals surface area (Å²) in [5.41, 5.74) is -1.13. The zero-order valence-electron chi connectivity index (χ0n) is 21.2. The average Bonchev–Trinajstić information content (AvgIpc) is 3.17. The largest absolute Gasteiger partial charge is 0.471 e. The Morgan fingerprint density at radius 2 is 2.11 bits per heavy atom. The van der Waals surface area contributed by atoms with Crippen LogP contribution in [0.1, 0.15) is 38.2 Å². The van der Waals surface area contributed by atoms with Crippen molar-refractivity contribution < 1.29 is 37.0 Å². The molecule has 0 radical (unpaired) electrons. The smallest absolute Gasteiger partial charge is 0.394 e. The Kier molecular flexibility index (Phi) is 11.6. The maximum absolute atomic E-state index is 12.9. The van der Waals surface area contributed by atoms with E-state index in [4.69, 9.17) is 13.9 Å². The molecule has 1 aliphatic heterocycles. The molecule has 14 heteroatoms. The van der Waals surface area contributed by atoms with E-state index < -0.39 is 44.4 Å². The second-order valence-electron chi connectivity index (χ2n) is 8.91. The van der Waals surface area contributed by atoms with E-state index in [-0.39, 0.29) is 44.3 Å². The Balaban J connectivity index is 2.16. The van der Waals surface area contributed by atoms with Gasteiger partial charge in [-0.25, -0.2) is 9.36 Å². The Morgan fingerprint density at radius 3 is 2.73 bits per heavy atom. The highest BCUT2D eigenvalue weighted by molar-refractivity contribution is 6.48. The van der Waals surface area contributed by atoms with E-state index in [2.05, 4.69) is 16.8 Å². The molecular weight excluding hydrogens is 515 g/mol. The second kappa shape index (κ2) is 13.9. The van der Waals surface area contributed by atoms with Crippen molar-refractivity contribution in [1.82, 2.24) is 14.9 Å². The molecule has 2 heterocycles. The molecule has 1 aromatic rings. The van der Waals surface area contributed by atoms with Crippen LogP contribution in [-0.2, 0) is 31.0 Å². The van der Waals surface area contributed by atoms with Crippen LogP contribution in [-0.4, -0.2) is 68.3 Å². The molecule has 1 fully saturated rings. The molecule has 1 aromatic heterocycles. The van der Waals surface area contributed by atoms with Crippen LogP contribution in [0.15, 0.2) is 15.8 Å². The van der Waals surface area contributed by atoms with Gasteiger partial charge in [-0.05, 0) is 25.9 Å². The highest BCUT2D eigenvalue weighted by atomic mass is 28.3. The molecule has 2 rings (SSSR count). The summed E-state index contributed by atoms with van der Waals surface area (Å²) in [6.07, 6.45) is -1.14. The maximum atomic E-state index is 12.9. The number of aromatic nitrogens is 2. The van der Waals surface area contributed by atoms with Crippen molar-refractivity contribution in [1.29, 1.82) is 0 Å². The molecule has 208 valence electrons. The van der Waals surface area contributed by atoms with Gasteiger partial charge in [-0.2, -0.15) is 13.2 Å². The van der Waals surface area contributed by atoms with Crippen molar-refractivity contribution in [2.75, 3.05) is 26.4 Å². The molecule has 0 aliphatic carbocycles. The highest BCUT2D eigenvalue weighted by Crippen LogP contribution is 2.43. The van der Waals surface area contributed by atoms with Crippen LogP contribution in [0.25, 0.3) is 0 Å². The summed E-state index contributed by atoms with van der Waals surface area (Å²) in [6, 6.07) is 0. The van der Waals surface area contributed by atoms with Gasteiger partial charge in [0.05, 0.1) is 19.3 Å². The highest BCUT2D eigenvalue weighted by Gasteiger charge is 2.52. The molecule has 0 saturated carbocycles. The number of H-pyrrole nitrogens is 1. The lowest BCUT2D eigenvalue weighted by Gasteiger charge is -2.37. The van der Waals surface area contributed by atoms with Crippen LogP contribution in [0.2, 0.25) is 13.1 Å². The molecule has 3 atom stereocenters. The van der Waals surface area contributed by atoms with Gasteiger partial charge in [0.2, 0.25) is 0 Å². The minimum Gasteiger partial charge on any atom is -0.394 e. The van der Waals surface area contributed by atoms with Gasteiger partial charge >= 0.3 is 17.8 Å². The number of carbonyl (C=O) groups is 1. The van der Waals surface area contributed by atoms with Gasteiger partial charge in [0.1, 0.15) is 6.61 Å². The van der Waals surface area contributed by atoms with Crippen molar-refractivity contribution >= 4 is 14.9 Å². The van der Waals surface area contributed by atoms with E-state index >= 15 is 0 Å². The number of aromatic amines is 1. The van der Waals surface area contributed by atoms with Crippen LogP contribution in [0.3, 0.4) is 0 Å². The minimum atomic E-state index is -4.96. The number of carbonyl (C=O) groups excluding carboxylic acids is 1. The molecule has 0 unspecified atom stereocenters. The first kappa shape index (κ1) is 30.8. The summed E-state index contributed by atoms with van der Waals surface area (Å²) in [6.45, 7) is 5.04. The number of halogens is 3. The number of hydrogen-bond donors (Lipinski definition) is 3. The first-order valence-electron chi connectivity index (χ1n) is 12.1. The number of amides is 1. The number of unbranched alkanes of at least 4 members (excludes halogenated alkanes) is 1. The average molecular weight is 550 g/mol. The number of rotatable bonds is 12. The van der Waals surface area contributed by atoms with E-state index in [0.29, 0.717) is 12.8 Å². The standard InChI is InChI=1S/C23H34F3N3O7Si/c1-4-5-9-17-13-18(15-30)35-23(17,36-37(2)3)29-14-16(19(31)28-21(29)33)8-6-7-11-34-12-10-27-20(32)22(24,25)26/h14,17-18,30,37H,4-5,8-13,15H2,1-3H3,(H,27,32)(H,28,31,33)/t17-,18+,23+/m1/s1. The lowest BCUT2D eigenvalue weighted by molar-refractivity contribution is -0.263. The van der Waals surface area contributed by atoms with Gasteiger partial charge in [0.25, 0.3) is 11.5 Å². The number of aliphatic hydroxyl groups is 1. The third-order valence-electron chi connectivity index (χ3n) is 5.63. The number of hydrogen-bond acceptors (Lipinski definition) is 7. The summed E-state index contributed by atoms with van der Waals surface area (Å²) < 4.78 is 55.1.